The van der Waals surface area contributed by atoms with Crippen molar-refractivity contribution >= 4 is 5.91 Å². The zero-order chi connectivity index (χ0) is 27.9. The number of pyridine rings is 1. The molecular formula is C32H43N3O4. The molecule has 7 heteroatoms. The van der Waals surface area contributed by atoms with Gasteiger partial charge in [-0.2, -0.15) is 0 Å². The molecule has 2 aliphatic heterocycles. The number of aromatic amines is 1. The van der Waals surface area contributed by atoms with Crippen LogP contribution in [-0.4, -0.2) is 52.7 Å². The van der Waals surface area contributed by atoms with E-state index in [1.807, 2.05) is 31.7 Å². The number of aryl methyl sites for hydroxylation is 2. The largest absolute Gasteiger partial charge is 0.448 e. The average molecular weight is 534 g/mol. The van der Waals surface area contributed by atoms with Crippen molar-refractivity contribution in [1.29, 1.82) is 0 Å². The molecular weight excluding hydrogens is 490 g/mol. The minimum atomic E-state index is -0.734. The number of nitrogens with zero attached hydrogens (tertiary/aromatic N) is 2. The monoisotopic (exact) mass is 533 g/mol. The summed E-state index contributed by atoms with van der Waals surface area (Å²) in [4.78, 5) is 33.9. The zero-order valence-corrected chi connectivity index (χ0v) is 24.7. The highest BCUT2D eigenvalue weighted by atomic mass is 16.7. The second kappa shape index (κ2) is 8.85. The van der Waals surface area contributed by atoms with E-state index in [0.717, 1.165) is 77.1 Å². The fourth-order valence-corrected chi connectivity index (χ4v) is 8.18. The molecule has 39 heavy (non-hydrogen) atoms. The third kappa shape index (κ3) is 3.71. The third-order valence-corrected chi connectivity index (χ3v) is 10.9. The normalized spacial score (nSPS) is 29.3. The molecule has 2 aromatic rings. The summed E-state index contributed by atoms with van der Waals surface area (Å²) in [5.41, 5.74) is 6.38. The molecule has 3 heterocycles. The van der Waals surface area contributed by atoms with E-state index in [2.05, 4.69) is 37.8 Å². The molecule has 1 atom stereocenters. The van der Waals surface area contributed by atoms with Gasteiger partial charge >= 0.3 is 0 Å². The molecule has 7 nitrogen and oxygen atoms in total. The van der Waals surface area contributed by atoms with Crippen LogP contribution in [0.25, 0.3) is 0 Å². The number of ether oxygens (including phenoxy) is 2. The van der Waals surface area contributed by atoms with Gasteiger partial charge in [0.25, 0.3) is 17.3 Å². The van der Waals surface area contributed by atoms with Gasteiger partial charge in [0.2, 0.25) is 0 Å². The molecule has 3 fully saturated rings. The van der Waals surface area contributed by atoms with E-state index in [0.29, 0.717) is 24.2 Å². The topological polar surface area (TPSA) is 74.9 Å². The van der Waals surface area contributed by atoms with Crippen LogP contribution in [0.5, 0.6) is 11.5 Å². The maximum Gasteiger partial charge on any atom is 0.254 e. The number of hydrogen-bond acceptors (Lipinski definition) is 5. The Hall–Kier alpha value is -2.80. The molecule has 0 radical (unpaired) electrons. The molecule has 0 spiro atoms. The fourth-order valence-electron chi connectivity index (χ4n) is 8.18. The van der Waals surface area contributed by atoms with Crippen LogP contribution in [0.2, 0.25) is 0 Å². The minimum absolute atomic E-state index is 0.0212. The number of amides is 1. The average Bonchev–Trinajstić information content (AvgIpc) is 3.28. The maximum atomic E-state index is 14.0. The summed E-state index contributed by atoms with van der Waals surface area (Å²) >= 11 is 0. The number of H-pyrrole nitrogens is 1. The lowest BCUT2D eigenvalue weighted by molar-refractivity contribution is -0.212. The number of benzene rings is 1. The standard InChI is InChI=1S/C32H43N3O4/c1-8-22-23-9-16-35(18-24-19(2)17-20(3)33-28(24)36)29(37)25(23)21(4)26-27(22)39-30(5,38-26)31-10-13-32(14-11-31,15-12-31)34(6)7/h17H,8-16,18H2,1-7H3,(H,33,36). The van der Waals surface area contributed by atoms with Gasteiger partial charge in [0.05, 0.1) is 6.54 Å². The number of rotatable bonds is 5. The van der Waals surface area contributed by atoms with Crippen LogP contribution in [0.15, 0.2) is 10.9 Å². The lowest BCUT2D eigenvalue weighted by Gasteiger charge is -2.59. The summed E-state index contributed by atoms with van der Waals surface area (Å²) in [6.07, 6.45) is 8.30. The first-order valence-electron chi connectivity index (χ1n) is 14.7. The predicted octanol–water partition coefficient (Wildman–Crippen LogP) is 5.20. The number of aromatic nitrogens is 1. The SMILES string of the molecule is CCc1c2c(c(C)c3c1OC(C)(C14CCC(N(C)C)(CC1)CC4)O3)C(=O)N(Cc1c(C)cc(C)[nH]c1=O)CC2. The summed E-state index contributed by atoms with van der Waals surface area (Å²) in [6.45, 7) is 11.0. The molecule has 3 saturated carbocycles. The third-order valence-electron chi connectivity index (χ3n) is 10.9. The zero-order valence-electron chi connectivity index (χ0n) is 24.7. The molecule has 3 aliphatic carbocycles. The van der Waals surface area contributed by atoms with Gasteiger partial charge in [0.1, 0.15) is 0 Å². The lowest BCUT2D eigenvalue weighted by atomic mass is 9.54. The molecule has 7 rings (SSSR count). The van der Waals surface area contributed by atoms with E-state index < -0.39 is 5.79 Å². The van der Waals surface area contributed by atoms with Crippen molar-refractivity contribution in [2.24, 2.45) is 5.41 Å². The molecule has 5 aliphatic rings. The molecule has 1 N–H and O–H groups in total. The highest BCUT2D eigenvalue weighted by Gasteiger charge is 2.62. The van der Waals surface area contributed by atoms with Crippen LogP contribution in [-0.2, 0) is 19.4 Å². The molecule has 1 aromatic heterocycles. The van der Waals surface area contributed by atoms with Crippen LogP contribution in [0, 0.1) is 26.2 Å². The summed E-state index contributed by atoms with van der Waals surface area (Å²) in [6, 6.07) is 1.97. The molecule has 1 unspecified atom stereocenters. The molecule has 1 amide bonds. The fraction of sp³-hybridized carbons (Fsp3) is 0.625. The molecule has 1 aromatic carbocycles. The van der Waals surface area contributed by atoms with Crippen LogP contribution in [0.3, 0.4) is 0 Å². The number of carbonyl (C=O) groups is 1. The Balaban J connectivity index is 1.34. The van der Waals surface area contributed by atoms with Crippen LogP contribution in [0.4, 0.5) is 0 Å². The van der Waals surface area contributed by atoms with E-state index >= 15 is 0 Å². The Morgan fingerprint density at radius 3 is 2.21 bits per heavy atom. The van der Waals surface area contributed by atoms with Gasteiger partial charge in [-0.05, 0) is 103 Å². The predicted molar refractivity (Wildman–Crippen MR) is 152 cm³/mol. The number of nitrogens with one attached hydrogen (secondary N) is 1. The Morgan fingerprint density at radius 1 is 0.974 bits per heavy atom. The van der Waals surface area contributed by atoms with Gasteiger partial charge < -0.3 is 24.3 Å². The quantitative estimate of drug-likeness (QED) is 0.572. The van der Waals surface area contributed by atoms with Gasteiger partial charge in [0, 0.05) is 52.4 Å². The Labute approximate surface area is 231 Å². The van der Waals surface area contributed by atoms with Gasteiger partial charge in [-0.3, -0.25) is 9.59 Å². The van der Waals surface area contributed by atoms with E-state index in [9.17, 15) is 9.59 Å². The Bertz CT molecular complexity index is 1400. The Kier molecular flexibility index (Phi) is 6.00. The van der Waals surface area contributed by atoms with E-state index in [1.54, 1.807) is 0 Å². The summed E-state index contributed by atoms with van der Waals surface area (Å²) in [7, 11) is 4.44. The van der Waals surface area contributed by atoms with Crippen molar-refractivity contribution in [1.82, 2.24) is 14.8 Å². The van der Waals surface area contributed by atoms with Gasteiger partial charge in [-0.25, -0.2) is 0 Å². The number of hydrogen-bond donors (Lipinski definition) is 1. The summed E-state index contributed by atoms with van der Waals surface area (Å²) in [5, 5.41) is 0. The highest BCUT2D eigenvalue weighted by Crippen LogP contribution is 2.63. The van der Waals surface area contributed by atoms with Crippen LogP contribution >= 0.6 is 0 Å². The van der Waals surface area contributed by atoms with E-state index in [-0.39, 0.29) is 16.9 Å². The number of fused-ring (bicyclic) bond motifs is 5. The van der Waals surface area contributed by atoms with Crippen LogP contribution < -0.4 is 15.0 Å². The summed E-state index contributed by atoms with van der Waals surface area (Å²) in [5.74, 6) is 0.846. The van der Waals surface area contributed by atoms with Crippen molar-refractivity contribution in [3.63, 3.8) is 0 Å². The summed E-state index contributed by atoms with van der Waals surface area (Å²) < 4.78 is 13.8. The maximum absolute atomic E-state index is 14.0. The Morgan fingerprint density at radius 2 is 1.62 bits per heavy atom. The second-order valence-corrected chi connectivity index (χ2v) is 12.9. The first kappa shape index (κ1) is 26.4. The van der Waals surface area contributed by atoms with Gasteiger partial charge in [-0.1, -0.05) is 6.92 Å². The van der Waals surface area contributed by atoms with Crippen molar-refractivity contribution in [2.75, 3.05) is 20.6 Å². The van der Waals surface area contributed by atoms with Gasteiger partial charge in [-0.15, -0.1) is 0 Å². The minimum Gasteiger partial charge on any atom is -0.448 e. The first-order chi connectivity index (χ1) is 18.4. The van der Waals surface area contributed by atoms with Gasteiger partial charge in [0.15, 0.2) is 11.5 Å². The first-order valence-corrected chi connectivity index (χ1v) is 14.7. The van der Waals surface area contributed by atoms with Crippen molar-refractivity contribution in [3.05, 3.63) is 55.5 Å². The van der Waals surface area contributed by atoms with Crippen molar-refractivity contribution in [3.8, 4) is 11.5 Å². The molecule has 0 saturated heterocycles. The van der Waals surface area contributed by atoms with Crippen LogP contribution in [0.1, 0.15) is 96.2 Å². The molecule has 210 valence electrons. The second-order valence-electron chi connectivity index (χ2n) is 12.9. The smallest absolute Gasteiger partial charge is 0.254 e. The van der Waals surface area contributed by atoms with Crippen molar-refractivity contribution in [2.45, 2.75) is 104 Å². The lowest BCUT2D eigenvalue weighted by Crippen LogP contribution is -2.62. The number of carbonyl (C=O) groups excluding carboxylic acids is 1. The van der Waals surface area contributed by atoms with Crippen molar-refractivity contribution < 1.29 is 14.3 Å². The highest BCUT2D eigenvalue weighted by molar-refractivity contribution is 6.00. The molecule has 2 bridgehead atoms. The van der Waals surface area contributed by atoms with E-state index in [1.165, 1.54) is 19.3 Å². The van der Waals surface area contributed by atoms with E-state index in [4.69, 9.17) is 9.47 Å².